The van der Waals surface area contributed by atoms with E-state index in [1.54, 1.807) is 32.4 Å². The summed E-state index contributed by atoms with van der Waals surface area (Å²) in [5.41, 5.74) is 1.66. The van der Waals surface area contributed by atoms with E-state index in [-0.39, 0.29) is 0 Å². The van der Waals surface area contributed by atoms with E-state index >= 15 is 0 Å². The second kappa shape index (κ2) is 4.45. The zero-order chi connectivity index (χ0) is 11.5. The van der Waals surface area contributed by atoms with Gasteiger partial charge in [0.05, 0.1) is 12.8 Å². The van der Waals surface area contributed by atoms with Gasteiger partial charge in [-0.05, 0) is 13.0 Å². The molecule has 0 aliphatic heterocycles. The minimum absolute atomic E-state index is 0.429. The fourth-order valence-corrected chi connectivity index (χ4v) is 1.59. The quantitative estimate of drug-likeness (QED) is 0.751. The van der Waals surface area contributed by atoms with E-state index in [9.17, 15) is 0 Å². The molecule has 0 saturated carbocycles. The van der Waals surface area contributed by atoms with Crippen LogP contribution < -0.4 is 4.74 Å². The molecule has 0 fully saturated rings. The number of halogens is 1. The maximum atomic E-state index is 5.88. The molecule has 5 heteroatoms. The number of nitrogens with zero attached hydrogens (tertiary/aromatic N) is 3. The first-order valence-corrected chi connectivity index (χ1v) is 5.08. The molecule has 0 N–H and O–H groups in total. The average Bonchev–Trinajstić information content (AvgIpc) is 2.28. The largest absolute Gasteiger partial charge is 0.481 e. The Morgan fingerprint density at radius 2 is 2.06 bits per heavy atom. The number of aryl methyl sites for hydroxylation is 1. The van der Waals surface area contributed by atoms with E-state index in [2.05, 4.69) is 15.0 Å². The van der Waals surface area contributed by atoms with Crippen LogP contribution >= 0.6 is 11.6 Å². The number of rotatable bonds is 2. The van der Waals surface area contributed by atoms with Crippen molar-refractivity contribution in [1.29, 1.82) is 0 Å². The van der Waals surface area contributed by atoms with E-state index in [0.29, 0.717) is 16.9 Å². The van der Waals surface area contributed by atoms with Crippen LogP contribution in [-0.4, -0.2) is 22.1 Å². The lowest BCUT2D eigenvalue weighted by molar-refractivity contribution is 0.398. The van der Waals surface area contributed by atoms with Crippen LogP contribution in [0.3, 0.4) is 0 Å². The monoisotopic (exact) mass is 235 g/mol. The van der Waals surface area contributed by atoms with Crippen molar-refractivity contribution in [2.45, 2.75) is 6.92 Å². The molecule has 0 aliphatic carbocycles. The predicted molar refractivity (Wildman–Crippen MR) is 61.6 cm³/mol. The molecule has 0 bridgehead atoms. The van der Waals surface area contributed by atoms with Gasteiger partial charge in [-0.15, -0.1) is 0 Å². The number of hydrogen-bond acceptors (Lipinski definition) is 4. The highest BCUT2D eigenvalue weighted by molar-refractivity contribution is 6.29. The number of pyridine rings is 1. The van der Waals surface area contributed by atoms with E-state index in [1.165, 1.54) is 0 Å². The molecule has 0 atom stereocenters. The van der Waals surface area contributed by atoms with Crippen LogP contribution in [0.1, 0.15) is 5.82 Å². The lowest BCUT2D eigenvalue weighted by Gasteiger charge is -2.04. The van der Waals surface area contributed by atoms with Gasteiger partial charge in [-0.1, -0.05) is 11.6 Å². The van der Waals surface area contributed by atoms with Crippen LogP contribution in [0.4, 0.5) is 0 Å². The summed E-state index contributed by atoms with van der Waals surface area (Å²) in [6.45, 7) is 1.80. The SMILES string of the molecule is COc1cc(-c2cc(Cl)nc(C)n2)ccn1. The second-order valence-corrected chi connectivity index (χ2v) is 3.60. The molecule has 4 nitrogen and oxygen atoms in total. The number of aromatic nitrogens is 3. The van der Waals surface area contributed by atoms with Gasteiger partial charge in [-0.3, -0.25) is 0 Å². The highest BCUT2D eigenvalue weighted by Crippen LogP contribution is 2.22. The second-order valence-electron chi connectivity index (χ2n) is 3.21. The predicted octanol–water partition coefficient (Wildman–Crippen LogP) is 2.51. The van der Waals surface area contributed by atoms with Crippen LogP contribution in [0.15, 0.2) is 24.4 Å². The fourth-order valence-electron chi connectivity index (χ4n) is 1.36. The van der Waals surface area contributed by atoms with E-state index in [1.807, 2.05) is 6.07 Å². The van der Waals surface area contributed by atoms with Crippen LogP contribution in [0.25, 0.3) is 11.3 Å². The molecule has 82 valence electrons. The topological polar surface area (TPSA) is 47.9 Å². The molecule has 0 unspecified atom stereocenters. The summed E-state index contributed by atoms with van der Waals surface area (Å²) in [4.78, 5) is 12.3. The fraction of sp³-hybridized carbons (Fsp3) is 0.182. The first-order valence-electron chi connectivity index (χ1n) is 4.70. The first-order chi connectivity index (χ1) is 7.69. The van der Waals surface area contributed by atoms with E-state index < -0.39 is 0 Å². The Morgan fingerprint density at radius 3 is 2.75 bits per heavy atom. The van der Waals surface area contributed by atoms with E-state index in [0.717, 1.165) is 11.3 Å². The van der Waals surface area contributed by atoms with Gasteiger partial charge in [0.1, 0.15) is 11.0 Å². The Balaban J connectivity index is 2.49. The molecule has 0 aliphatic rings. The van der Waals surface area contributed by atoms with Crippen LogP contribution in [0.2, 0.25) is 5.15 Å². The Labute approximate surface area is 98.3 Å². The molecule has 0 amide bonds. The summed E-state index contributed by atoms with van der Waals surface area (Å²) in [6.07, 6.45) is 1.67. The highest BCUT2D eigenvalue weighted by atomic mass is 35.5. The summed E-state index contributed by atoms with van der Waals surface area (Å²) in [6, 6.07) is 5.36. The van der Waals surface area contributed by atoms with E-state index in [4.69, 9.17) is 16.3 Å². The average molecular weight is 236 g/mol. The maximum Gasteiger partial charge on any atom is 0.213 e. The minimum atomic E-state index is 0.429. The lowest BCUT2D eigenvalue weighted by atomic mass is 10.2. The van der Waals surface area contributed by atoms with Crippen molar-refractivity contribution in [2.75, 3.05) is 7.11 Å². The van der Waals surface area contributed by atoms with Gasteiger partial charge in [-0.25, -0.2) is 15.0 Å². The van der Waals surface area contributed by atoms with Gasteiger partial charge in [0.2, 0.25) is 5.88 Å². The van der Waals surface area contributed by atoms with Gasteiger partial charge in [0.25, 0.3) is 0 Å². The third-order valence-electron chi connectivity index (χ3n) is 2.05. The zero-order valence-electron chi connectivity index (χ0n) is 8.94. The van der Waals surface area contributed by atoms with Crippen molar-refractivity contribution in [2.24, 2.45) is 0 Å². The minimum Gasteiger partial charge on any atom is -0.481 e. The van der Waals surface area contributed by atoms with Gasteiger partial charge < -0.3 is 4.74 Å². The molecule has 0 radical (unpaired) electrons. The Hall–Kier alpha value is -1.68. The smallest absolute Gasteiger partial charge is 0.213 e. The van der Waals surface area contributed by atoms with Crippen molar-refractivity contribution in [3.63, 3.8) is 0 Å². The number of ether oxygens (including phenoxy) is 1. The molecule has 16 heavy (non-hydrogen) atoms. The summed E-state index contributed by atoms with van der Waals surface area (Å²) in [7, 11) is 1.57. The first kappa shape index (κ1) is 10.8. The molecule has 2 aromatic heterocycles. The van der Waals surface area contributed by atoms with Gasteiger partial charge in [0.15, 0.2) is 0 Å². The lowest BCUT2D eigenvalue weighted by Crippen LogP contribution is -1.93. The van der Waals surface area contributed by atoms with Crippen molar-refractivity contribution >= 4 is 11.6 Å². The van der Waals surface area contributed by atoms with Gasteiger partial charge >= 0.3 is 0 Å². The molecule has 0 saturated heterocycles. The van der Waals surface area contributed by atoms with Crippen molar-refractivity contribution < 1.29 is 4.74 Å². The summed E-state index contributed by atoms with van der Waals surface area (Å²) in [5.74, 6) is 1.18. The summed E-state index contributed by atoms with van der Waals surface area (Å²) in [5, 5.41) is 0.429. The zero-order valence-corrected chi connectivity index (χ0v) is 9.69. The van der Waals surface area contributed by atoms with Crippen LogP contribution in [-0.2, 0) is 0 Å². The molecule has 2 heterocycles. The van der Waals surface area contributed by atoms with Crippen molar-refractivity contribution in [3.05, 3.63) is 35.4 Å². The van der Waals surface area contributed by atoms with Crippen LogP contribution in [0.5, 0.6) is 5.88 Å². The molecule has 2 rings (SSSR count). The van der Waals surface area contributed by atoms with Crippen molar-refractivity contribution in [1.82, 2.24) is 15.0 Å². The molecular weight excluding hydrogens is 226 g/mol. The Bertz CT molecular complexity index is 496. The molecule has 0 spiro atoms. The van der Waals surface area contributed by atoms with Gasteiger partial charge in [0, 0.05) is 23.9 Å². The normalized spacial score (nSPS) is 10.2. The highest BCUT2D eigenvalue weighted by Gasteiger charge is 2.04. The number of methoxy groups -OCH3 is 1. The van der Waals surface area contributed by atoms with Gasteiger partial charge in [-0.2, -0.15) is 0 Å². The molecular formula is C11H10ClN3O. The Kier molecular flexibility index (Phi) is 3.01. The third kappa shape index (κ3) is 2.28. The maximum absolute atomic E-state index is 5.88. The molecule has 2 aromatic rings. The summed E-state index contributed by atoms with van der Waals surface area (Å²) < 4.78 is 5.05. The number of hydrogen-bond donors (Lipinski definition) is 0. The molecule has 0 aromatic carbocycles. The standard InChI is InChI=1S/C11H10ClN3O/c1-7-14-9(6-10(12)15-7)8-3-4-13-11(5-8)16-2/h3-6H,1-2H3. The van der Waals surface area contributed by atoms with Crippen molar-refractivity contribution in [3.8, 4) is 17.1 Å². The summed E-state index contributed by atoms with van der Waals surface area (Å²) >= 11 is 5.88. The third-order valence-corrected chi connectivity index (χ3v) is 2.24. The van der Waals surface area contributed by atoms with Crippen LogP contribution in [0, 0.1) is 6.92 Å². The Morgan fingerprint density at radius 1 is 1.25 bits per heavy atom.